The van der Waals surface area contributed by atoms with Crippen molar-refractivity contribution >= 4 is 98.5 Å². The molecule has 1 aliphatic rings. The fraction of sp³-hybridized carbons (Fsp3) is 0.0455. The summed E-state index contributed by atoms with van der Waals surface area (Å²) in [6, 6.07) is 56.5. The molecule has 48 heavy (non-hydrogen) atoms. The van der Waals surface area contributed by atoms with Crippen molar-refractivity contribution in [2.75, 3.05) is 4.90 Å². The number of rotatable bonds is 4. The zero-order valence-corrected chi connectivity index (χ0v) is 29.3. The fourth-order valence-corrected chi connectivity index (χ4v) is 13.4. The summed E-state index contributed by atoms with van der Waals surface area (Å²) in [7, 11) is -1.96. The Morgan fingerprint density at radius 3 is 1.81 bits per heavy atom. The third-order valence-corrected chi connectivity index (χ3v) is 16.1. The summed E-state index contributed by atoms with van der Waals surface area (Å²) in [6.07, 6.45) is 0. The first-order valence-electron chi connectivity index (χ1n) is 16.5. The molecule has 3 heterocycles. The lowest BCUT2D eigenvalue weighted by molar-refractivity contribution is 1.29. The van der Waals surface area contributed by atoms with Gasteiger partial charge in [-0.15, -0.1) is 22.7 Å². The molecular formula is C44H31NS2Si. The number of hydrogen-bond donors (Lipinski definition) is 0. The van der Waals surface area contributed by atoms with Crippen molar-refractivity contribution in [3.63, 3.8) is 0 Å². The van der Waals surface area contributed by atoms with Gasteiger partial charge in [-0.05, 0) is 81.2 Å². The fourth-order valence-electron chi connectivity index (χ4n) is 7.86. The van der Waals surface area contributed by atoms with Crippen LogP contribution in [0.15, 0.2) is 152 Å². The van der Waals surface area contributed by atoms with Crippen LogP contribution in [-0.4, -0.2) is 8.07 Å². The Kier molecular flexibility index (Phi) is 6.13. The Labute approximate surface area is 289 Å². The number of fused-ring (bicyclic) bond motifs is 10. The van der Waals surface area contributed by atoms with E-state index in [0.29, 0.717) is 0 Å². The Balaban J connectivity index is 1.16. The maximum atomic E-state index is 2.53. The van der Waals surface area contributed by atoms with Gasteiger partial charge in [0.1, 0.15) is 8.07 Å². The first-order chi connectivity index (χ1) is 23.5. The molecule has 1 aliphatic heterocycles. The van der Waals surface area contributed by atoms with Gasteiger partial charge in [0.25, 0.3) is 0 Å². The van der Waals surface area contributed by atoms with Crippen LogP contribution < -0.4 is 15.3 Å². The number of nitrogens with zero attached hydrogens (tertiary/aromatic N) is 1. The third kappa shape index (κ3) is 4.13. The molecule has 7 aromatic carbocycles. The zero-order chi connectivity index (χ0) is 32.0. The summed E-state index contributed by atoms with van der Waals surface area (Å²) in [5.41, 5.74) is 8.91. The van der Waals surface area contributed by atoms with E-state index < -0.39 is 8.07 Å². The topological polar surface area (TPSA) is 3.24 Å². The minimum atomic E-state index is -1.96. The van der Waals surface area contributed by atoms with E-state index in [4.69, 9.17) is 0 Å². The molecule has 0 amide bonds. The first kappa shape index (κ1) is 28.0. The van der Waals surface area contributed by atoms with Crippen molar-refractivity contribution < 1.29 is 0 Å². The SMILES string of the molecule is C[Si]1(C)c2cc(N(c3ccc(-c4ccccc4)cc3)c3ccc4c(c3)sc3ccccc34)ccc2-c2c1ccc1c2sc2ccccc21. The van der Waals surface area contributed by atoms with Gasteiger partial charge in [0.15, 0.2) is 0 Å². The maximum absolute atomic E-state index is 2.53. The molecule has 0 unspecified atom stereocenters. The molecule has 228 valence electrons. The van der Waals surface area contributed by atoms with Gasteiger partial charge in [-0.1, -0.05) is 116 Å². The highest BCUT2D eigenvalue weighted by Crippen LogP contribution is 2.45. The average molecular weight is 666 g/mol. The van der Waals surface area contributed by atoms with E-state index in [2.05, 4.69) is 170 Å². The highest BCUT2D eigenvalue weighted by Gasteiger charge is 2.39. The highest BCUT2D eigenvalue weighted by atomic mass is 32.1. The number of hydrogen-bond acceptors (Lipinski definition) is 3. The molecule has 0 aliphatic carbocycles. The van der Waals surface area contributed by atoms with Crippen LogP contribution in [0, 0.1) is 0 Å². The second kappa shape index (κ2) is 10.5. The Hall–Kier alpha value is -5.00. The molecule has 9 aromatic rings. The quantitative estimate of drug-likeness (QED) is 0.169. The van der Waals surface area contributed by atoms with E-state index in [1.165, 1.54) is 79.2 Å². The molecule has 0 fully saturated rings. The maximum Gasteiger partial charge on any atom is 0.114 e. The summed E-state index contributed by atoms with van der Waals surface area (Å²) in [5.74, 6) is 0. The van der Waals surface area contributed by atoms with Crippen LogP contribution >= 0.6 is 22.7 Å². The van der Waals surface area contributed by atoms with Crippen LogP contribution in [0.2, 0.25) is 13.1 Å². The zero-order valence-electron chi connectivity index (χ0n) is 26.7. The lowest BCUT2D eigenvalue weighted by atomic mass is 10.0. The van der Waals surface area contributed by atoms with E-state index in [9.17, 15) is 0 Å². The molecule has 0 saturated carbocycles. The van der Waals surface area contributed by atoms with E-state index >= 15 is 0 Å². The molecule has 0 bridgehead atoms. The highest BCUT2D eigenvalue weighted by molar-refractivity contribution is 7.27. The largest absolute Gasteiger partial charge is 0.310 e. The minimum absolute atomic E-state index is 1.16. The van der Waals surface area contributed by atoms with Gasteiger partial charge >= 0.3 is 0 Å². The van der Waals surface area contributed by atoms with Crippen LogP contribution in [-0.2, 0) is 0 Å². The summed E-state index contributed by atoms with van der Waals surface area (Å²) in [5, 5.41) is 8.48. The molecular weight excluding hydrogens is 635 g/mol. The van der Waals surface area contributed by atoms with Crippen LogP contribution in [0.3, 0.4) is 0 Å². The normalized spacial score (nSPS) is 13.4. The number of benzene rings is 7. The first-order valence-corrected chi connectivity index (χ1v) is 21.1. The molecule has 0 radical (unpaired) electrons. The van der Waals surface area contributed by atoms with Gasteiger partial charge in [0.05, 0.1) is 0 Å². The minimum Gasteiger partial charge on any atom is -0.310 e. The van der Waals surface area contributed by atoms with Crippen LogP contribution in [0.25, 0.3) is 62.6 Å². The van der Waals surface area contributed by atoms with Crippen LogP contribution in [0.1, 0.15) is 0 Å². The third-order valence-electron chi connectivity index (χ3n) is 10.3. The van der Waals surface area contributed by atoms with Crippen molar-refractivity contribution in [2.45, 2.75) is 13.1 Å². The lowest BCUT2D eigenvalue weighted by Crippen LogP contribution is -2.49. The van der Waals surface area contributed by atoms with E-state index in [0.717, 1.165) is 5.69 Å². The second-order valence-corrected chi connectivity index (χ2v) is 19.8. The summed E-state index contributed by atoms with van der Waals surface area (Å²) in [4.78, 5) is 2.46. The standard InChI is InChI=1S/C44H31NS2Si/c1-48(2)41-25-24-36-34-13-7-9-15-39(34)47-44(36)43(41)37-23-21-32(27-42(37)48)45(30-18-16-29(17-19-30)28-10-4-3-5-11-28)31-20-22-35-33-12-6-8-14-38(33)46-40(35)26-31/h3-27H,1-2H3. The van der Waals surface area contributed by atoms with E-state index in [1.807, 2.05) is 22.7 Å². The van der Waals surface area contributed by atoms with Gasteiger partial charge in [-0.25, -0.2) is 0 Å². The van der Waals surface area contributed by atoms with Crippen LogP contribution in [0.4, 0.5) is 17.1 Å². The molecule has 4 heteroatoms. The summed E-state index contributed by atoms with van der Waals surface area (Å²) >= 11 is 3.83. The smallest absolute Gasteiger partial charge is 0.114 e. The van der Waals surface area contributed by atoms with E-state index in [-0.39, 0.29) is 0 Å². The molecule has 2 aromatic heterocycles. The second-order valence-electron chi connectivity index (χ2n) is 13.3. The van der Waals surface area contributed by atoms with E-state index in [1.54, 1.807) is 5.19 Å². The molecule has 0 atom stereocenters. The summed E-state index contributed by atoms with van der Waals surface area (Å²) in [6.45, 7) is 5.06. The monoisotopic (exact) mass is 665 g/mol. The van der Waals surface area contributed by atoms with Crippen molar-refractivity contribution in [2.24, 2.45) is 0 Å². The predicted octanol–water partition coefficient (Wildman–Crippen LogP) is 12.4. The Morgan fingerprint density at radius 1 is 0.438 bits per heavy atom. The Bertz CT molecular complexity index is 2700. The average Bonchev–Trinajstić information content (AvgIpc) is 3.76. The molecule has 0 saturated heterocycles. The van der Waals surface area contributed by atoms with Crippen LogP contribution in [0.5, 0.6) is 0 Å². The molecule has 1 nitrogen and oxygen atoms in total. The lowest BCUT2D eigenvalue weighted by Gasteiger charge is -2.28. The van der Waals surface area contributed by atoms with Crippen molar-refractivity contribution in [3.05, 3.63) is 152 Å². The van der Waals surface area contributed by atoms with Gasteiger partial charge in [-0.3, -0.25) is 0 Å². The van der Waals surface area contributed by atoms with Gasteiger partial charge in [0.2, 0.25) is 0 Å². The molecule has 0 N–H and O–H groups in total. The van der Waals surface area contributed by atoms with Crippen molar-refractivity contribution in [1.82, 2.24) is 0 Å². The van der Waals surface area contributed by atoms with Gasteiger partial charge in [-0.2, -0.15) is 0 Å². The van der Waals surface area contributed by atoms with Crippen molar-refractivity contribution in [3.8, 4) is 22.3 Å². The molecule has 10 rings (SSSR count). The van der Waals surface area contributed by atoms with Gasteiger partial charge < -0.3 is 4.90 Å². The molecule has 0 spiro atoms. The summed E-state index contributed by atoms with van der Waals surface area (Å²) < 4.78 is 5.45. The predicted molar refractivity (Wildman–Crippen MR) is 215 cm³/mol. The van der Waals surface area contributed by atoms with Crippen molar-refractivity contribution in [1.29, 1.82) is 0 Å². The van der Waals surface area contributed by atoms with Gasteiger partial charge in [0, 0.05) is 57.4 Å². The Morgan fingerprint density at radius 2 is 1.02 bits per heavy atom. The number of thiophene rings is 2. The number of anilines is 3.